The van der Waals surface area contributed by atoms with Crippen LogP contribution in [0.25, 0.3) is 22.0 Å². The predicted molar refractivity (Wildman–Crippen MR) is 160 cm³/mol. The van der Waals surface area contributed by atoms with Gasteiger partial charge in [0.2, 0.25) is 5.91 Å². The number of fused-ring (bicyclic) bond motifs is 1. The molecule has 0 aliphatic carbocycles. The van der Waals surface area contributed by atoms with Crippen LogP contribution in [0.1, 0.15) is 6.92 Å². The summed E-state index contributed by atoms with van der Waals surface area (Å²) >= 11 is 0. The van der Waals surface area contributed by atoms with Crippen molar-refractivity contribution in [3.63, 3.8) is 0 Å². The summed E-state index contributed by atoms with van der Waals surface area (Å²) in [5.74, 6) is 2.77. The molecule has 1 amide bonds. The van der Waals surface area contributed by atoms with Crippen LogP contribution in [0.3, 0.4) is 0 Å². The van der Waals surface area contributed by atoms with E-state index in [1.54, 1.807) is 28.9 Å². The number of likely N-dealkylation sites (N-methyl/N-ethyl adjacent to an activating group) is 1. The van der Waals surface area contributed by atoms with Gasteiger partial charge in [0.05, 0.1) is 12.2 Å². The number of aryl methyl sites for hydroxylation is 1. The van der Waals surface area contributed by atoms with E-state index >= 15 is 0 Å². The van der Waals surface area contributed by atoms with Crippen molar-refractivity contribution in [3.05, 3.63) is 65.5 Å². The van der Waals surface area contributed by atoms with E-state index in [2.05, 4.69) is 36.8 Å². The molecule has 0 bridgehead atoms. The molecule has 2 saturated heterocycles. The number of aromatic nitrogens is 4. The first-order valence-corrected chi connectivity index (χ1v) is 14.1. The van der Waals surface area contributed by atoms with Crippen LogP contribution in [-0.2, 0) is 11.8 Å². The lowest BCUT2D eigenvalue weighted by atomic mass is 10.1. The molecule has 11 nitrogen and oxygen atoms in total. The van der Waals surface area contributed by atoms with Gasteiger partial charge in [-0.3, -0.25) is 14.5 Å². The minimum absolute atomic E-state index is 0.0394. The number of carbonyl (C=O) groups excluding carboxylic acids is 1. The highest BCUT2D eigenvalue weighted by atomic mass is 16.5. The average Bonchev–Trinajstić information content (AvgIpc) is 3.50. The zero-order valence-electron chi connectivity index (χ0n) is 23.8. The van der Waals surface area contributed by atoms with Crippen LogP contribution >= 0.6 is 0 Å². The number of H-pyrrole nitrogens is 1. The maximum atomic E-state index is 12.4. The normalized spacial score (nSPS) is 18.4. The average molecular weight is 557 g/mol. The van der Waals surface area contributed by atoms with Gasteiger partial charge in [0.1, 0.15) is 29.5 Å². The second-order valence-electron chi connectivity index (χ2n) is 10.8. The Balaban J connectivity index is 1.02. The highest BCUT2D eigenvalue weighted by molar-refractivity contribution is 5.94. The summed E-state index contributed by atoms with van der Waals surface area (Å²) in [4.78, 5) is 45.5. The Hall–Kier alpha value is -4.38. The molecule has 6 heterocycles. The quantitative estimate of drug-likeness (QED) is 0.370. The summed E-state index contributed by atoms with van der Waals surface area (Å²) in [5, 5.41) is 0.904. The predicted octanol–water partition coefficient (Wildman–Crippen LogP) is 2.19. The van der Waals surface area contributed by atoms with E-state index < -0.39 is 0 Å². The Kier molecular flexibility index (Phi) is 7.36. The number of aromatic amines is 1. The van der Waals surface area contributed by atoms with E-state index in [0.29, 0.717) is 18.7 Å². The Bertz CT molecular complexity index is 1570. The van der Waals surface area contributed by atoms with E-state index in [1.807, 2.05) is 44.6 Å². The molecule has 2 fully saturated rings. The van der Waals surface area contributed by atoms with Gasteiger partial charge in [0, 0.05) is 95.0 Å². The summed E-state index contributed by atoms with van der Waals surface area (Å²) in [6.07, 6.45) is 7.33. The third-order valence-electron chi connectivity index (χ3n) is 8.25. The molecular formula is C30H36N8O3. The van der Waals surface area contributed by atoms with Crippen molar-refractivity contribution in [3.8, 4) is 16.9 Å². The monoisotopic (exact) mass is 556 g/mol. The van der Waals surface area contributed by atoms with Crippen molar-refractivity contribution in [1.29, 1.82) is 0 Å². The number of rotatable bonds is 7. The van der Waals surface area contributed by atoms with Crippen LogP contribution in [0.4, 0.5) is 11.6 Å². The molecule has 4 aromatic heterocycles. The molecule has 2 aliphatic rings. The number of amides is 1. The molecule has 0 unspecified atom stereocenters. The van der Waals surface area contributed by atoms with Gasteiger partial charge in [0.25, 0.3) is 5.56 Å². The number of carbonyl (C=O) groups is 1. The van der Waals surface area contributed by atoms with Crippen molar-refractivity contribution in [2.24, 2.45) is 7.05 Å². The Labute approximate surface area is 239 Å². The topological polar surface area (TPSA) is 103 Å². The molecule has 0 radical (unpaired) electrons. The molecule has 0 aromatic carbocycles. The van der Waals surface area contributed by atoms with E-state index in [-0.39, 0.29) is 17.5 Å². The number of piperazine rings is 2. The van der Waals surface area contributed by atoms with Gasteiger partial charge < -0.3 is 29.0 Å². The van der Waals surface area contributed by atoms with Crippen LogP contribution in [0.2, 0.25) is 0 Å². The second-order valence-corrected chi connectivity index (χ2v) is 10.8. The van der Waals surface area contributed by atoms with Crippen LogP contribution in [0, 0.1) is 0 Å². The molecule has 2 aliphatic heterocycles. The van der Waals surface area contributed by atoms with Crippen LogP contribution < -0.4 is 20.1 Å². The Morgan fingerprint density at radius 2 is 1.61 bits per heavy atom. The van der Waals surface area contributed by atoms with Gasteiger partial charge in [-0.25, -0.2) is 9.97 Å². The lowest BCUT2D eigenvalue weighted by molar-refractivity contribution is -0.139. The lowest BCUT2D eigenvalue weighted by Gasteiger charge is -2.37. The van der Waals surface area contributed by atoms with Crippen molar-refractivity contribution >= 4 is 28.4 Å². The highest BCUT2D eigenvalue weighted by Crippen LogP contribution is 2.27. The zero-order valence-corrected chi connectivity index (χ0v) is 23.8. The van der Waals surface area contributed by atoms with Crippen molar-refractivity contribution < 1.29 is 9.53 Å². The van der Waals surface area contributed by atoms with Crippen LogP contribution in [0.15, 0.2) is 59.9 Å². The first-order chi connectivity index (χ1) is 19.9. The summed E-state index contributed by atoms with van der Waals surface area (Å²) in [7, 11) is 3.62. The third kappa shape index (κ3) is 5.37. The highest BCUT2D eigenvalue weighted by Gasteiger charge is 2.29. The van der Waals surface area contributed by atoms with Crippen molar-refractivity contribution in [2.45, 2.75) is 13.0 Å². The van der Waals surface area contributed by atoms with E-state index in [1.165, 1.54) is 0 Å². The van der Waals surface area contributed by atoms with Gasteiger partial charge >= 0.3 is 0 Å². The van der Waals surface area contributed by atoms with Gasteiger partial charge in [-0.2, -0.15) is 0 Å². The van der Waals surface area contributed by atoms with Gasteiger partial charge in [0.15, 0.2) is 0 Å². The molecule has 0 spiro atoms. The van der Waals surface area contributed by atoms with E-state index in [4.69, 9.17) is 9.72 Å². The SMILES string of the molecule is C[C@@H]1C(=O)N(C)CCN1CCOc1ccc(N2CCN(c3ccc(-c4cn(C)c(=O)c5[nH]ccc45)cn3)CC2)nc1. The zero-order chi connectivity index (χ0) is 28.5. The number of hydrogen-bond donors (Lipinski definition) is 1. The maximum absolute atomic E-state index is 12.4. The molecule has 214 valence electrons. The van der Waals surface area contributed by atoms with Gasteiger partial charge in [-0.15, -0.1) is 0 Å². The van der Waals surface area contributed by atoms with Crippen LogP contribution in [-0.4, -0.2) is 101 Å². The number of nitrogens with zero attached hydrogens (tertiary/aromatic N) is 7. The second kappa shape index (κ2) is 11.2. The minimum atomic E-state index is -0.110. The fourth-order valence-corrected chi connectivity index (χ4v) is 5.68. The number of ether oxygens (including phenoxy) is 1. The molecule has 1 N–H and O–H groups in total. The van der Waals surface area contributed by atoms with Gasteiger partial charge in [-0.05, 0) is 37.3 Å². The Morgan fingerprint density at radius 1 is 0.902 bits per heavy atom. The number of hydrogen-bond acceptors (Lipinski definition) is 8. The van der Waals surface area contributed by atoms with Crippen LogP contribution in [0.5, 0.6) is 5.75 Å². The molecular weight excluding hydrogens is 520 g/mol. The van der Waals surface area contributed by atoms with Gasteiger partial charge in [-0.1, -0.05) is 0 Å². The largest absolute Gasteiger partial charge is 0.491 e. The van der Waals surface area contributed by atoms with E-state index in [0.717, 1.165) is 73.2 Å². The summed E-state index contributed by atoms with van der Waals surface area (Å²) in [5.41, 5.74) is 2.53. The number of pyridine rings is 3. The molecule has 1 atom stereocenters. The minimum Gasteiger partial charge on any atom is -0.491 e. The first kappa shape index (κ1) is 26.8. The number of nitrogens with one attached hydrogen (secondary N) is 1. The first-order valence-electron chi connectivity index (χ1n) is 14.1. The molecule has 0 saturated carbocycles. The van der Waals surface area contributed by atoms with Crippen molar-refractivity contribution in [2.75, 3.05) is 69.3 Å². The summed E-state index contributed by atoms with van der Waals surface area (Å²) in [6, 6.07) is 9.93. The Morgan fingerprint density at radius 3 is 2.27 bits per heavy atom. The fraction of sp³-hybridized carbons (Fsp3) is 0.400. The molecule has 11 heteroatoms. The summed E-state index contributed by atoms with van der Waals surface area (Å²) < 4.78 is 7.53. The standard InChI is InChI=1S/C30H36N8O3/c1-21-29(39)34(2)10-11-36(21)16-17-41-23-5-7-27(33-19-23)38-14-12-37(13-15-38)26-6-4-22(18-32-26)25-20-35(3)30(40)28-24(25)8-9-31-28/h4-9,18-21,31H,10-17H2,1-3H3/t21-/m1/s1. The smallest absolute Gasteiger partial charge is 0.274 e. The number of anilines is 2. The summed E-state index contributed by atoms with van der Waals surface area (Å²) in [6.45, 7) is 8.17. The van der Waals surface area contributed by atoms with E-state index in [9.17, 15) is 9.59 Å². The lowest BCUT2D eigenvalue weighted by Crippen LogP contribution is -2.55. The molecule has 4 aromatic rings. The van der Waals surface area contributed by atoms with Crippen molar-refractivity contribution in [1.82, 2.24) is 29.3 Å². The fourth-order valence-electron chi connectivity index (χ4n) is 5.68. The third-order valence-corrected chi connectivity index (χ3v) is 8.25. The molecule has 6 rings (SSSR count). The molecule has 41 heavy (non-hydrogen) atoms. The maximum Gasteiger partial charge on any atom is 0.274 e.